The Morgan fingerprint density at radius 1 is 1.21 bits per heavy atom. The summed E-state index contributed by atoms with van der Waals surface area (Å²) in [5, 5.41) is 21.2. The molecular weight excluding hydrogens is 360 g/mol. The first-order chi connectivity index (χ1) is 13.4. The van der Waals surface area contributed by atoms with Crippen LogP contribution in [0.25, 0.3) is 22.3 Å². The highest BCUT2D eigenvalue weighted by molar-refractivity contribution is 5.85. The van der Waals surface area contributed by atoms with E-state index in [1.165, 1.54) is 0 Å². The van der Waals surface area contributed by atoms with E-state index in [1.807, 2.05) is 12.1 Å². The number of fused-ring (bicyclic) bond motifs is 5. The smallest absolute Gasteiger partial charge is 0.338 e. The van der Waals surface area contributed by atoms with Crippen molar-refractivity contribution < 1.29 is 19.7 Å². The van der Waals surface area contributed by atoms with Crippen molar-refractivity contribution in [1.29, 1.82) is 0 Å². The van der Waals surface area contributed by atoms with E-state index in [4.69, 9.17) is 9.72 Å². The van der Waals surface area contributed by atoms with Gasteiger partial charge in [-0.05, 0) is 42.3 Å². The van der Waals surface area contributed by atoms with E-state index in [2.05, 4.69) is 0 Å². The lowest BCUT2D eigenvalue weighted by molar-refractivity contribution is -0.166. The van der Waals surface area contributed by atoms with Crippen LogP contribution in [0.2, 0.25) is 0 Å². The van der Waals surface area contributed by atoms with Crippen LogP contribution in [0.5, 0.6) is 5.75 Å². The molecule has 0 fully saturated rings. The lowest BCUT2D eigenvalue weighted by Gasteiger charge is -2.21. The summed E-state index contributed by atoms with van der Waals surface area (Å²) in [6, 6.07) is 8.72. The molecule has 2 aromatic heterocycles. The Bertz CT molecular complexity index is 1230. The number of ether oxygens (including phenoxy) is 1. The van der Waals surface area contributed by atoms with Gasteiger partial charge in [0.2, 0.25) is 0 Å². The number of aliphatic hydroxyl groups is 1. The molecule has 0 amide bonds. The number of nitrogens with zero attached hydrogens (tertiary/aromatic N) is 2. The predicted molar refractivity (Wildman–Crippen MR) is 101 cm³/mol. The van der Waals surface area contributed by atoms with Gasteiger partial charge in [0, 0.05) is 17.4 Å². The first kappa shape index (κ1) is 16.9. The van der Waals surface area contributed by atoms with Gasteiger partial charge in [0.15, 0.2) is 5.60 Å². The number of hydrogen-bond donors (Lipinski definition) is 2. The second-order valence-corrected chi connectivity index (χ2v) is 7.44. The van der Waals surface area contributed by atoms with Gasteiger partial charge >= 0.3 is 5.97 Å². The fraction of sp³-hybridized carbons (Fsp3) is 0.286. The second-order valence-electron chi connectivity index (χ2n) is 7.44. The maximum atomic E-state index is 13.1. The van der Waals surface area contributed by atoms with Gasteiger partial charge in [-0.1, -0.05) is 6.92 Å². The second kappa shape index (κ2) is 5.65. The van der Waals surface area contributed by atoms with Crippen LogP contribution in [-0.4, -0.2) is 31.3 Å². The average Bonchev–Trinajstić information content (AvgIpc) is 2.96. The van der Waals surface area contributed by atoms with Crippen LogP contribution >= 0.6 is 0 Å². The molecule has 2 N–H and O–H groups in total. The molecule has 1 aromatic carbocycles. The van der Waals surface area contributed by atoms with E-state index in [9.17, 15) is 19.8 Å². The summed E-state index contributed by atoms with van der Waals surface area (Å²) >= 11 is 0. The summed E-state index contributed by atoms with van der Waals surface area (Å²) in [7, 11) is 0. The number of hydrogen-bond acceptors (Lipinski definition) is 6. The van der Waals surface area contributed by atoms with Gasteiger partial charge in [-0.15, -0.1) is 0 Å². The van der Waals surface area contributed by atoms with E-state index in [-0.39, 0.29) is 30.8 Å². The summed E-state index contributed by atoms with van der Waals surface area (Å²) in [4.78, 5) is 30.0. The summed E-state index contributed by atoms with van der Waals surface area (Å²) in [6.45, 7) is 1.93. The average molecular weight is 378 g/mol. The van der Waals surface area contributed by atoms with Crippen molar-refractivity contribution >= 4 is 16.9 Å². The number of pyridine rings is 2. The van der Waals surface area contributed by atoms with Gasteiger partial charge < -0.3 is 19.5 Å². The molecule has 1 unspecified atom stereocenters. The van der Waals surface area contributed by atoms with Crippen molar-refractivity contribution in [2.45, 2.75) is 38.5 Å². The van der Waals surface area contributed by atoms with Crippen molar-refractivity contribution in [3.63, 3.8) is 0 Å². The van der Waals surface area contributed by atoms with Crippen LogP contribution in [0, 0.1) is 0 Å². The van der Waals surface area contributed by atoms with Crippen LogP contribution in [0.4, 0.5) is 0 Å². The van der Waals surface area contributed by atoms with E-state index >= 15 is 0 Å². The molecule has 28 heavy (non-hydrogen) atoms. The molecule has 0 bridgehead atoms. The van der Waals surface area contributed by atoms with E-state index in [0.29, 0.717) is 29.1 Å². The van der Waals surface area contributed by atoms with Gasteiger partial charge in [0.25, 0.3) is 5.56 Å². The van der Waals surface area contributed by atoms with Crippen LogP contribution in [-0.2, 0) is 29.1 Å². The Kier molecular flexibility index (Phi) is 3.42. The third kappa shape index (κ3) is 2.29. The zero-order valence-electron chi connectivity index (χ0n) is 15.2. The lowest BCUT2D eigenvalue weighted by atomic mass is 9.91. The SMILES string of the molecule is CCC1(O)Cc2cc3n(c(=O)c2COC1=O)Cc1cc2cc(O)ccc2nc1-3. The number of cyclic esters (lactones) is 1. The summed E-state index contributed by atoms with van der Waals surface area (Å²) in [6.07, 6.45) is 0.240. The van der Waals surface area contributed by atoms with Crippen molar-refractivity contribution in [3.05, 3.63) is 57.4 Å². The third-order valence-electron chi connectivity index (χ3n) is 5.74. The molecule has 2 aliphatic heterocycles. The van der Waals surface area contributed by atoms with Gasteiger partial charge in [0.1, 0.15) is 12.4 Å². The zero-order chi connectivity index (χ0) is 19.6. The Hall–Kier alpha value is -3.19. The van der Waals surface area contributed by atoms with Crippen LogP contribution in [0.3, 0.4) is 0 Å². The molecule has 7 heteroatoms. The minimum Gasteiger partial charge on any atom is -0.508 e. The van der Waals surface area contributed by atoms with Crippen LogP contribution < -0.4 is 5.56 Å². The van der Waals surface area contributed by atoms with Crippen molar-refractivity contribution in [2.75, 3.05) is 0 Å². The standard InChI is InChI=1S/C21H18N2O5/c1-2-21(27)8-12-7-17-18-13(5-11-6-14(24)3-4-16(11)22-18)9-23(17)19(25)15(12)10-28-20(21)26/h3-7,24,27H,2,8-10H2,1H3. The molecular formula is C21H18N2O5. The molecule has 0 aliphatic carbocycles. The molecule has 0 saturated heterocycles. The number of carbonyl (C=O) groups excluding carboxylic acids is 1. The molecule has 7 nitrogen and oxygen atoms in total. The number of phenolic OH excluding ortho intramolecular Hbond substituents is 1. The van der Waals surface area contributed by atoms with Gasteiger partial charge in [-0.3, -0.25) is 4.79 Å². The molecule has 142 valence electrons. The molecule has 3 aromatic rings. The first-order valence-electron chi connectivity index (χ1n) is 9.18. The van der Waals surface area contributed by atoms with Gasteiger partial charge in [0.05, 0.1) is 29.0 Å². The summed E-state index contributed by atoms with van der Waals surface area (Å²) in [5.74, 6) is -0.533. The van der Waals surface area contributed by atoms with Crippen molar-refractivity contribution in [1.82, 2.24) is 9.55 Å². The lowest BCUT2D eigenvalue weighted by Crippen LogP contribution is -2.40. The Morgan fingerprint density at radius 2 is 2.04 bits per heavy atom. The molecule has 0 saturated carbocycles. The van der Waals surface area contributed by atoms with Crippen LogP contribution in [0.15, 0.2) is 35.1 Å². The minimum absolute atomic E-state index is 0.0392. The maximum absolute atomic E-state index is 13.1. The Morgan fingerprint density at radius 3 is 2.82 bits per heavy atom. The highest BCUT2D eigenvalue weighted by Gasteiger charge is 2.40. The molecule has 2 aliphatic rings. The number of aromatic hydroxyl groups is 1. The van der Waals surface area contributed by atoms with Gasteiger partial charge in [-0.2, -0.15) is 0 Å². The molecule has 1 atom stereocenters. The normalized spacial score (nSPS) is 20.3. The number of phenols is 1. The summed E-state index contributed by atoms with van der Waals surface area (Å²) < 4.78 is 6.81. The first-order valence-corrected chi connectivity index (χ1v) is 9.18. The predicted octanol–water partition coefficient (Wildman–Crippen LogP) is 1.87. The van der Waals surface area contributed by atoms with Gasteiger partial charge in [-0.25, -0.2) is 9.78 Å². The zero-order valence-corrected chi connectivity index (χ0v) is 15.2. The summed E-state index contributed by atoms with van der Waals surface area (Å²) in [5.41, 5.74) is 2.13. The van der Waals surface area contributed by atoms with Crippen molar-refractivity contribution in [2.24, 2.45) is 0 Å². The van der Waals surface area contributed by atoms with E-state index < -0.39 is 11.6 Å². The molecule has 0 spiro atoms. The molecule has 4 heterocycles. The van der Waals surface area contributed by atoms with E-state index in [1.54, 1.807) is 29.7 Å². The van der Waals surface area contributed by atoms with Crippen molar-refractivity contribution in [3.8, 4) is 17.1 Å². The number of rotatable bonds is 1. The number of carbonyl (C=O) groups is 1. The monoisotopic (exact) mass is 378 g/mol. The Balaban J connectivity index is 1.71. The molecule has 5 rings (SSSR count). The number of aromatic nitrogens is 2. The Labute approximate surface area is 159 Å². The highest BCUT2D eigenvalue weighted by Crippen LogP contribution is 2.35. The largest absolute Gasteiger partial charge is 0.508 e. The quantitative estimate of drug-likeness (QED) is 0.491. The highest BCUT2D eigenvalue weighted by atomic mass is 16.5. The number of benzene rings is 1. The topological polar surface area (TPSA) is 102 Å². The molecule has 0 radical (unpaired) electrons. The minimum atomic E-state index is -1.63. The van der Waals surface area contributed by atoms with Crippen LogP contribution in [0.1, 0.15) is 30.0 Å². The fourth-order valence-electron chi connectivity index (χ4n) is 4.05. The van der Waals surface area contributed by atoms with E-state index in [0.717, 1.165) is 16.5 Å². The fourth-order valence-corrected chi connectivity index (χ4v) is 4.05. The maximum Gasteiger partial charge on any atom is 0.338 e. The number of esters is 1. The third-order valence-corrected chi connectivity index (χ3v) is 5.74.